The second-order valence-corrected chi connectivity index (χ2v) is 6.03. The molecule has 1 atom stereocenters. The van der Waals surface area contributed by atoms with Gasteiger partial charge >= 0.3 is 10.8 Å². The van der Waals surface area contributed by atoms with Crippen molar-refractivity contribution in [2.24, 2.45) is 16.8 Å². The lowest BCUT2D eigenvalue weighted by Gasteiger charge is -2.42. The second kappa shape index (κ2) is 6.39. The molecule has 4 N–H and O–H groups in total. The Labute approximate surface area is 133 Å². The van der Waals surface area contributed by atoms with Gasteiger partial charge in [-0.05, 0) is 54.7 Å². The number of aliphatic hydroxyl groups is 1. The van der Waals surface area contributed by atoms with Crippen molar-refractivity contribution in [1.29, 1.82) is 0 Å². The standard InChI is InChI=1S/C10H13Cl2F4N3OS/c11-9(13,14)8(20,10(12,15)16)5-3-1-2-4-6(5)18-19-7(17)21/h5,20H,1-4H2,(H3,17,19,21)/b18-6-/t5-/m1/s1. The van der Waals surface area contributed by atoms with Crippen molar-refractivity contribution in [1.82, 2.24) is 5.43 Å². The van der Waals surface area contributed by atoms with E-state index in [2.05, 4.69) is 22.7 Å². The summed E-state index contributed by atoms with van der Waals surface area (Å²) >= 11 is 13.9. The third kappa shape index (κ3) is 3.88. The minimum Gasteiger partial charge on any atom is -0.376 e. The van der Waals surface area contributed by atoms with Crippen LogP contribution in [-0.4, -0.2) is 32.3 Å². The first-order valence-corrected chi connectivity index (χ1v) is 7.05. The minimum absolute atomic E-state index is 0.0997. The molecule has 0 aromatic rings. The maximum Gasteiger partial charge on any atom is 0.357 e. The number of thiocarbonyl (C=S) groups is 1. The second-order valence-electron chi connectivity index (χ2n) is 4.64. The van der Waals surface area contributed by atoms with E-state index in [1.807, 2.05) is 0 Å². The first kappa shape index (κ1) is 18.7. The summed E-state index contributed by atoms with van der Waals surface area (Å²) in [6, 6.07) is 0. The lowest BCUT2D eigenvalue weighted by Crippen LogP contribution is -2.63. The van der Waals surface area contributed by atoms with E-state index in [1.54, 1.807) is 0 Å². The van der Waals surface area contributed by atoms with Crippen LogP contribution in [-0.2, 0) is 0 Å². The van der Waals surface area contributed by atoms with Gasteiger partial charge < -0.3 is 10.8 Å². The summed E-state index contributed by atoms with van der Waals surface area (Å²) in [6.45, 7) is 0. The maximum atomic E-state index is 13.4. The van der Waals surface area contributed by atoms with Gasteiger partial charge in [0.15, 0.2) is 5.11 Å². The lowest BCUT2D eigenvalue weighted by atomic mass is 9.75. The largest absolute Gasteiger partial charge is 0.376 e. The summed E-state index contributed by atoms with van der Waals surface area (Å²) in [5.41, 5.74) is 3.14. The maximum absolute atomic E-state index is 13.4. The number of hydrogen-bond acceptors (Lipinski definition) is 3. The van der Waals surface area contributed by atoms with Crippen molar-refractivity contribution >= 4 is 46.2 Å². The van der Waals surface area contributed by atoms with Gasteiger partial charge in [-0.2, -0.15) is 22.7 Å². The number of alkyl halides is 6. The smallest absolute Gasteiger partial charge is 0.357 e. The van der Waals surface area contributed by atoms with Gasteiger partial charge in [-0.25, -0.2) is 0 Å². The van der Waals surface area contributed by atoms with E-state index in [0.717, 1.165) is 0 Å². The van der Waals surface area contributed by atoms with E-state index in [4.69, 9.17) is 28.9 Å². The van der Waals surface area contributed by atoms with Gasteiger partial charge in [0.1, 0.15) is 0 Å². The normalized spacial score (nSPS) is 23.2. The summed E-state index contributed by atoms with van der Waals surface area (Å²) in [5.74, 6) is -1.74. The zero-order valence-corrected chi connectivity index (χ0v) is 12.9. The van der Waals surface area contributed by atoms with Gasteiger partial charge in [0.05, 0.1) is 0 Å². The van der Waals surface area contributed by atoms with Crippen LogP contribution in [0.25, 0.3) is 0 Å². The number of halogens is 6. The molecular formula is C10H13Cl2F4N3OS. The van der Waals surface area contributed by atoms with Crippen LogP contribution in [0.5, 0.6) is 0 Å². The number of nitrogens with zero attached hydrogens (tertiary/aromatic N) is 1. The highest BCUT2D eigenvalue weighted by Gasteiger charge is 2.71. The van der Waals surface area contributed by atoms with Crippen molar-refractivity contribution in [2.75, 3.05) is 0 Å². The van der Waals surface area contributed by atoms with Crippen LogP contribution >= 0.6 is 35.4 Å². The van der Waals surface area contributed by atoms with Crippen molar-refractivity contribution in [3.8, 4) is 0 Å². The molecular weight excluding hydrogens is 357 g/mol. The highest BCUT2D eigenvalue weighted by molar-refractivity contribution is 7.80. The van der Waals surface area contributed by atoms with Gasteiger partial charge in [-0.3, -0.25) is 5.43 Å². The molecule has 1 aliphatic carbocycles. The Hall–Kier alpha value is -0.380. The van der Waals surface area contributed by atoms with Crippen molar-refractivity contribution < 1.29 is 22.7 Å². The third-order valence-corrected chi connectivity index (χ3v) is 3.92. The van der Waals surface area contributed by atoms with Gasteiger partial charge in [0, 0.05) is 11.6 Å². The Balaban J connectivity index is 3.27. The van der Waals surface area contributed by atoms with Crippen molar-refractivity contribution in [3.05, 3.63) is 0 Å². The Morgan fingerprint density at radius 3 is 2.24 bits per heavy atom. The molecule has 0 unspecified atom stereocenters. The summed E-state index contributed by atoms with van der Waals surface area (Å²) in [7, 11) is 0. The van der Waals surface area contributed by atoms with Gasteiger partial charge in [0.2, 0.25) is 5.60 Å². The Morgan fingerprint density at radius 1 is 1.29 bits per heavy atom. The molecule has 0 radical (unpaired) electrons. The molecule has 1 aliphatic rings. The SMILES string of the molecule is NC(=S)N/N=C1/CCCC[C@H]1C(O)(C(F)(F)Cl)C(F)(F)Cl. The van der Waals surface area contributed by atoms with Gasteiger partial charge in [-0.15, -0.1) is 0 Å². The fraction of sp³-hybridized carbons (Fsp3) is 0.800. The molecule has 0 spiro atoms. The molecule has 4 nitrogen and oxygen atoms in total. The molecule has 1 rings (SSSR count). The average molecular weight is 370 g/mol. The zero-order valence-electron chi connectivity index (χ0n) is 10.6. The van der Waals surface area contributed by atoms with Crippen LogP contribution in [0.1, 0.15) is 25.7 Å². The van der Waals surface area contributed by atoms with Crippen LogP contribution in [0.4, 0.5) is 17.6 Å². The zero-order chi connectivity index (χ0) is 16.5. The van der Waals surface area contributed by atoms with Crippen LogP contribution in [0.15, 0.2) is 5.10 Å². The van der Waals surface area contributed by atoms with Crippen molar-refractivity contribution in [2.45, 2.75) is 42.0 Å². The minimum atomic E-state index is -4.66. The molecule has 1 saturated carbocycles. The van der Waals surface area contributed by atoms with Gasteiger partial charge in [0.25, 0.3) is 0 Å². The summed E-state index contributed by atoms with van der Waals surface area (Å²) in [5, 5.41) is 3.92. The molecule has 0 bridgehead atoms. The predicted molar refractivity (Wildman–Crippen MR) is 75.9 cm³/mol. The Morgan fingerprint density at radius 2 is 1.81 bits per heavy atom. The molecule has 0 saturated heterocycles. The third-order valence-electron chi connectivity index (χ3n) is 3.26. The average Bonchev–Trinajstić information content (AvgIpc) is 2.33. The van der Waals surface area contributed by atoms with E-state index in [1.165, 1.54) is 0 Å². The topological polar surface area (TPSA) is 70.6 Å². The molecule has 0 aromatic heterocycles. The van der Waals surface area contributed by atoms with E-state index in [-0.39, 0.29) is 23.7 Å². The fourth-order valence-corrected chi connectivity index (χ4v) is 2.86. The summed E-state index contributed by atoms with van der Waals surface area (Å²) < 4.78 is 53.8. The van der Waals surface area contributed by atoms with Crippen LogP contribution in [0.2, 0.25) is 0 Å². The number of hydrazone groups is 1. The quantitative estimate of drug-likeness (QED) is 0.308. The molecule has 0 aromatic carbocycles. The van der Waals surface area contributed by atoms with Crippen molar-refractivity contribution in [3.63, 3.8) is 0 Å². The number of hydrogen-bond donors (Lipinski definition) is 3. The first-order valence-electron chi connectivity index (χ1n) is 5.89. The van der Waals surface area contributed by atoms with Crippen LogP contribution in [0, 0.1) is 5.92 Å². The highest BCUT2D eigenvalue weighted by atomic mass is 35.5. The van der Waals surface area contributed by atoms with E-state index in [9.17, 15) is 22.7 Å². The van der Waals surface area contributed by atoms with Crippen LogP contribution in [0.3, 0.4) is 0 Å². The van der Waals surface area contributed by atoms with Gasteiger partial charge in [-0.1, -0.05) is 6.42 Å². The predicted octanol–water partition coefficient (Wildman–Crippen LogP) is 2.76. The molecule has 0 amide bonds. The molecule has 21 heavy (non-hydrogen) atoms. The van der Waals surface area contributed by atoms with Crippen LogP contribution < -0.4 is 11.2 Å². The molecule has 1 fully saturated rings. The molecule has 11 heteroatoms. The number of rotatable bonds is 4. The lowest BCUT2D eigenvalue weighted by molar-refractivity contribution is -0.234. The molecule has 122 valence electrons. The molecule has 0 aliphatic heterocycles. The fourth-order valence-electron chi connectivity index (χ4n) is 2.26. The summed E-state index contributed by atoms with van der Waals surface area (Å²) in [4.78, 5) is 0. The number of nitrogens with two attached hydrogens (primary N) is 1. The van der Waals surface area contributed by atoms with E-state index in [0.29, 0.717) is 12.8 Å². The Kier molecular flexibility index (Phi) is 5.68. The summed E-state index contributed by atoms with van der Waals surface area (Å²) in [6.07, 6.45) is 0.770. The van der Waals surface area contributed by atoms with E-state index < -0.39 is 22.3 Å². The monoisotopic (exact) mass is 369 g/mol. The Bertz CT molecular complexity index is 425. The highest BCUT2D eigenvalue weighted by Crippen LogP contribution is 2.52. The first-order chi connectivity index (χ1) is 9.41. The van der Waals surface area contributed by atoms with E-state index >= 15 is 0 Å². The number of nitrogens with one attached hydrogen (secondary N) is 1. The molecule has 0 heterocycles.